The van der Waals surface area contributed by atoms with E-state index in [4.69, 9.17) is 4.74 Å². The summed E-state index contributed by atoms with van der Waals surface area (Å²) < 4.78 is 6.85. The van der Waals surface area contributed by atoms with E-state index in [0.717, 1.165) is 17.3 Å². The maximum Gasteiger partial charge on any atom is 0.253 e. The van der Waals surface area contributed by atoms with Crippen molar-refractivity contribution in [3.8, 4) is 0 Å². The number of carbonyl (C=O) groups excluding carboxylic acids is 2. The van der Waals surface area contributed by atoms with Crippen molar-refractivity contribution in [3.05, 3.63) is 64.1 Å². The van der Waals surface area contributed by atoms with Gasteiger partial charge in [0.2, 0.25) is 0 Å². The average Bonchev–Trinajstić information content (AvgIpc) is 3.22. The second-order valence-corrected chi connectivity index (χ2v) is 8.66. The van der Waals surface area contributed by atoms with Gasteiger partial charge >= 0.3 is 0 Å². The predicted molar refractivity (Wildman–Crippen MR) is 122 cm³/mol. The largest absolute Gasteiger partial charge is 0.373 e. The van der Waals surface area contributed by atoms with Crippen LogP contribution in [-0.2, 0) is 4.74 Å². The van der Waals surface area contributed by atoms with Crippen molar-refractivity contribution < 1.29 is 14.3 Å². The second-order valence-electron chi connectivity index (χ2n) is 7.74. The molecule has 0 bridgehead atoms. The van der Waals surface area contributed by atoms with Crippen LogP contribution in [0.1, 0.15) is 47.4 Å². The Balaban J connectivity index is 1.55. The van der Waals surface area contributed by atoms with Gasteiger partial charge in [0, 0.05) is 22.3 Å². The fourth-order valence-corrected chi connectivity index (χ4v) is 3.81. The molecule has 1 aliphatic rings. The van der Waals surface area contributed by atoms with Crippen LogP contribution in [-0.4, -0.2) is 37.2 Å². The molecule has 2 atom stereocenters. The maximum atomic E-state index is 12.8. The number of hydrogen-bond donors (Lipinski definition) is 3. The quantitative estimate of drug-likeness (QED) is 0.502. The molecule has 1 saturated heterocycles. The van der Waals surface area contributed by atoms with Gasteiger partial charge in [-0.1, -0.05) is 48.0 Å². The number of ether oxygens (including phenoxy) is 1. The Morgan fingerprint density at radius 2 is 1.83 bits per heavy atom. The molecule has 30 heavy (non-hydrogen) atoms. The van der Waals surface area contributed by atoms with Gasteiger partial charge in [-0.15, -0.1) is 0 Å². The molecule has 0 aliphatic carbocycles. The zero-order valence-corrected chi connectivity index (χ0v) is 18.9. The van der Waals surface area contributed by atoms with Crippen LogP contribution in [0.25, 0.3) is 0 Å². The van der Waals surface area contributed by atoms with Gasteiger partial charge in [-0.3, -0.25) is 9.59 Å². The van der Waals surface area contributed by atoms with E-state index in [2.05, 4.69) is 45.7 Å². The normalized spacial score (nSPS) is 18.3. The molecule has 7 heteroatoms. The van der Waals surface area contributed by atoms with E-state index in [1.807, 2.05) is 30.3 Å². The van der Waals surface area contributed by atoms with Gasteiger partial charge < -0.3 is 20.7 Å². The van der Waals surface area contributed by atoms with Crippen molar-refractivity contribution in [2.75, 3.05) is 18.5 Å². The molecule has 0 radical (unpaired) electrons. The molecule has 0 spiro atoms. The van der Waals surface area contributed by atoms with Crippen molar-refractivity contribution in [2.24, 2.45) is 5.92 Å². The average molecular weight is 474 g/mol. The first-order valence-corrected chi connectivity index (χ1v) is 11.0. The topological polar surface area (TPSA) is 79.5 Å². The van der Waals surface area contributed by atoms with Crippen LogP contribution in [0.3, 0.4) is 0 Å². The lowest BCUT2D eigenvalue weighted by Crippen LogP contribution is -2.34. The summed E-state index contributed by atoms with van der Waals surface area (Å²) in [4.78, 5) is 24.9. The second kappa shape index (κ2) is 10.6. The lowest BCUT2D eigenvalue weighted by molar-refractivity contribution is 0.0201. The number of hydrogen-bond acceptors (Lipinski definition) is 4. The minimum Gasteiger partial charge on any atom is -0.373 e. The lowest BCUT2D eigenvalue weighted by atomic mass is 10.0. The molecule has 6 nitrogen and oxygen atoms in total. The number of benzene rings is 2. The molecule has 2 aromatic carbocycles. The van der Waals surface area contributed by atoms with E-state index in [-0.39, 0.29) is 30.7 Å². The highest BCUT2D eigenvalue weighted by Gasteiger charge is 2.27. The first-order chi connectivity index (χ1) is 14.4. The van der Waals surface area contributed by atoms with Gasteiger partial charge in [0.05, 0.1) is 24.4 Å². The minimum atomic E-state index is -0.179. The number of anilines is 1. The minimum absolute atomic E-state index is 0.0540. The zero-order chi connectivity index (χ0) is 21.5. The Morgan fingerprint density at radius 3 is 2.53 bits per heavy atom. The molecular weight excluding hydrogens is 446 g/mol. The summed E-state index contributed by atoms with van der Waals surface area (Å²) in [7, 11) is 0. The molecular formula is C23H28BrN3O3. The summed E-state index contributed by atoms with van der Waals surface area (Å²) >= 11 is 3.44. The highest BCUT2D eigenvalue weighted by atomic mass is 79.9. The third-order valence-corrected chi connectivity index (χ3v) is 5.66. The summed E-state index contributed by atoms with van der Waals surface area (Å²) in [6, 6.07) is 14.4. The Bertz CT molecular complexity index is 873. The Hall–Kier alpha value is -2.38. The van der Waals surface area contributed by atoms with Crippen LogP contribution in [0.15, 0.2) is 53.0 Å². The smallest absolute Gasteiger partial charge is 0.253 e. The summed E-state index contributed by atoms with van der Waals surface area (Å²) in [5.41, 5.74) is 1.75. The Labute approximate surface area is 185 Å². The van der Waals surface area contributed by atoms with E-state index < -0.39 is 0 Å². The van der Waals surface area contributed by atoms with Gasteiger partial charge in [-0.05, 0) is 49.1 Å². The molecule has 2 unspecified atom stereocenters. The van der Waals surface area contributed by atoms with E-state index in [9.17, 15) is 9.59 Å². The molecule has 3 N–H and O–H groups in total. The van der Waals surface area contributed by atoms with E-state index in [1.165, 1.54) is 0 Å². The van der Waals surface area contributed by atoms with Crippen LogP contribution in [0, 0.1) is 5.92 Å². The number of nitrogens with one attached hydrogen (secondary N) is 3. The Kier molecular flexibility index (Phi) is 7.87. The molecule has 0 saturated carbocycles. The van der Waals surface area contributed by atoms with Crippen molar-refractivity contribution >= 4 is 33.4 Å². The predicted octanol–water partition coefficient (Wildman–Crippen LogP) is 4.18. The highest BCUT2D eigenvalue weighted by Crippen LogP contribution is 2.25. The summed E-state index contributed by atoms with van der Waals surface area (Å²) in [6.45, 7) is 5.00. The van der Waals surface area contributed by atoms with Gasteiger partial charge in [0.15, 0.2) is 0 Å². The van der Waals surface area contributed by atoms with E-state index in [0.29, 0.717) is 29.3 Å². The van der Waals surface area contributed by atoms with Crippen LogP contribution < -0.4 is 16.0 Å². The SMILES string of the molecule is CC(C)C1CCC(CNC(=O)c2ccc(Br)cc2NCNC(=O)c2ccccc2)O1. The van der Waals surface area contributed by atoms with Crippen molar-refractivity contribution in [3.63, 3.8) is 0 Å². The van der Waals surface area contributed by atoms with Crippen LogP contribution >= 0.6 is 15.9 Å². The molecule has 1 aliphatic heterocycles. The highest BCUT2D eigenvalue weighted by molar-refractivity contribution is 9.10. The van der Waals surface area contributed by atoms with Crippen molar-refractivity contribution in [2.45, 2.75) is 38.9 Å². The molecule has 1 heterocycles. The summed E-state index contributed by atoms with van der Waals surface area (Å²) in [5, 5.41) is 8.92. The van der Waals surface area contributed by atoms with Gasteiger partial charge in [-0.2, -0.15) is 0 Å². The summed E-state index contributed by atoms with van der Waals surface area (Å²) in [6.07, 6.45) is 2.31. The van der Waals surface area contributed by atoms with Gasteiger partial charge in [-0.25, -0.2) is 0 Å². The number of halogens is 1. The number of rotatable bonds is 8. The van der Waals surface area contributed by atoms with Crippen molar-refractivity contribution in [1.29, 1.82) is 0 Å². The fraction of sp³-hybridized carbons (Fsp3) is 0.391. The van der Waals surface area contributed by atoms with E-state index in [1.54, 1.807) is 18.2 Å². The third kappa shape index (κ3) is 6.06. The third-order valence-electron chi connectivity index (χ3n) is 5.16. The maximum absolute atomic E-state index is 12.8. The van der Waals surface area contributed by atoms with Crippen molar-refractivity contribution in [1.82, 2.24) is 10.6 Å². The first-order valence-electron chi connectivity index (χ1n) is 10.2. The zero-order valence-electron chi connectivity index (χ0n) is 17.3. The molecule has 3 rings (SSSR count). The summed E-state index contributed by atoms with van der Waals surface area (Å²) in [5.74, 6) is 0.136. The molecule has 1 fully saturated rings. The van der Waals surface area contributed by atoms with Gasteiger partial charge in [0.1, 0.15) is 0 Å². The molecule has 2 amide bonds. The van der Waals surface area contributed by atoms with Gasteiger partial charge in [0.25, 0.3) is 11.8 Å². The lowest BCUT2D eigenvalue weighted by Gasteiger charge is -2.18. The van der Waals surface area contributed by atoms with Crippen LogP contribution in [0.5, 0.6) is 0 Å². The van der Waals surface area contributed by atoms with E-state index >= 15 is 0 Å². The number of amides is 2. The monoisotopic (exact) mass is 473 g/mol. The standard InChI is InChI=1S/C23H28BrN3O3/c1-15(2)21-11-9-18(30-21)13-25-23(29)19-10-8-17(24)12-20(19)26-14-27-22(28)16-6-4-3-5-7-16/h3-8,10,12,15,18,21,26H,9,11,13-14H2,1-2H3,(H,25,29)(H,27,28). The first kappa shape index (κ1) is 22.3. The van der Waals surface area contributed by atoms with Crippen LogP contribution in [0.2, 0.25) is 0 Å². The number of carbonyl (C=O) groups is 2. The molecule has 160 valence electrons. The molecule has 0 aromatic heterocycles. The fourth-order valence-electron chi connectivity index (χ4n) is 3.45. The molecule has 2 aromatic rings. The van der Waals surface area contributed by atoms with Crippen LogP contribution in [0.4, 0.5) is 5.69 Å². The Morgan fingerprint density at radius 1 is 1.07 bits per heavy atom.